The Hall–Kier alpha value is -0.860. The van der Waals surface area contributed by atoms with Crippen molar-refractivity contribution in [3.8, 4) is 0 Å². The first-order valence-corrected chi connectivity index (χ1v) is 4.45. The quantitative estimate of drug-likeness (QED) is 0.847. The Morgan fingerprint density at radius 2 is 2.14 bits per heavy atom. The van der Waals surface area contributed by atoms with E-state index in [0.29, 0.717) is 6.20 Å². The fourth-order valence-corrected chi connectivity index (χ4v) is 1.47. The summed E-state index contributed by atoms with van der Waals surface area (Å²) in [5.74, 6) is -2.09. The zero-order valence-electron chi connectivity index (χ0n) is 6.60. The number of halogens is 4. The van der Waals surface area contributed by atoms with Crippen molar-refractivity contribution in [2.75, 3.05) is 0 Å². The van der Waals surface area contributed by atoms with Crippen LogP contribution in [0.25, 0.3) is 0 Å². The molecule has 1 aromatic rings. The molecule has 0 aliphatic rings. The van der Waals surface area contributed by atoms with E-state index in [0.717, 1.165) is 0 Å². The first-order valence-electron chi connectivity index (χ1n) is 3.37. The molecule has 0 saturated carbocycles. The van der Waals surface area contributed by atoms with E-state index in [1.54, 1.807) is 0 Å². The maximum absolute atomic E-state index is 13.2. The van der Waals surface area contributed by atoms with Crippen LogP contribution in [0.4, 0.5) is 13.2 Å². The summed E-state index contributed by atoms with van der Waals surface area (Å²) in [7, 11) is 0. The third kappa shape index (κ3) is 1.97. The number of pyridine rings is 1. The van der Waals surface area contributed by atoms with Gasteiger partial charge in [-0.1, -0.05) is 0 Å². The van der Waals surface area contributed by atoms with Gasteiger partial charge < -0.3 is 5.73 Å². The van der Waals surface area contributed by atoms with Crippen LogP contribution in [0.5, 0.6) is 0 Å². The molecule has 0 spiro atoms. The van der Waals surface area contributed by atoms with Crippen molar-refractivity contribution in [1.82, 2.24) is 4.98 Å². The number of hydrogen-bond donors (Lipinski definition) is 1. The van der Waals surface area contributed by atoms with Crippen LogP contribution in [0, 0.1) is 9.39 Å². The Kier molecular flexibility index (Phi) is 3.29. The topological polar surface area (TPSA) is 56.0 Å². The van der Waals surface area contributed by atoms with Crippen molar-refractivity contribution in [3.05, 3.63) is 26.8 Å². The van der Waals surface area contributed by atoms with E-state index in [1.165, 1.54) is 22.6 Å². The number of carbonyl (C=O) groups is 1. The lowest BCUT2D eigenvalue weighted by Crippen LogP contribution is -2.15. The standard InChI is InChI=1S/C7H4F3IN2O/c8-3-2(7(12)14)1-13-5(4(3)11)6(9)10/h1,6H,(H2,12,14). The molecule has 0 radical (unpaired) electrons. The summed E-state index contributed by atoms with van der Waals surface area (Å²) in [6.45, 7) is 0. The van der Waals surface area contributed by atoms with Crippen LogP contribution in [-0.2, 0) is 0 Å². The Labute approximate surface area is 90.6 Å². The molecule has 1 rings (SSSR count). The van der Waals surface area contributed by atoms with E-state index in [4.69, 9.17) is 5.73 Å². The Morgan fingerprint density at radius 3 is 2.57 bits per heavy atom. The average Bonchev–Trinajstić information content (AvgIpc) is 2.08. The minimum Gasteiger partial charge on any atom is -0.365 e. The lowest BCUT2D eigenvalue weighted by atomic mass is 10.2. The van der Waals surface area contributed by atoms with Crippen molar-refractivity contribution >= 4 is 28.5 Å². The lowest BCUT2D eigenvalue weighted by Gasteiger charge is -2.05. The van der Waals surface area contributed by atoms with Crippen molar-refractivity contribution in [1.29, 1.82) is 0 Å². The third-order valence-electron chi connectivity index (χ3n) is 1.46. The summed E-state index contributed by atoms with van der Waals surface area (Å²) in [6, 6.07) is 0. The maximum Gasteiger partial charge on any atom is 0.281 e. The molecule has 76 valence electrons. The molecule has 3 nitrogen and oxygen atoms in total. The summed E-state index contributed by atoms with van der Waals surface area (Å²) in [6.07, 6.45) is -2.17. The van der Waals surface area contributed by atoms with Crippen LogP contribution in [0.1, 0.15) is 22.5 Å². The fourth-order valence-electron chi connectivity index (χ4n) is 0.802. The number of aromatic nitrogens is 1. The summed E-state index contributed by atoms with van der Waals surface area (Å²) in [5.41, 5.74) is 3.63. The number of primary amides is 1. The Bertz CT molecular complexity index is 383. The Balaban J connectivity index is 3.33. The average molecular weight is 316 g/mol. The number of nitrogens with two attached hydrogens (primary N) is 1. The molecule has 2 N–H and O–H groups in total. The second-order valence-corrected chi connectivity index (χ2v) is 3.43. The van der Waals surface area contributed by atoms with E-state index < -0.39 is 29.4 Å². The van der Waals surface area contributed by atoms with Gasteiger partial charge >= 0.3 is 0 Å². The highest BCUT2D eigenvalue weighted by atomic mass is 127. The summed E-state index contributed by atoms with van der Waals surface area (Å²) in [4.78, 5) is 13.9. The van der Waals surface area contributed by atoms with E-state index >= 15 is 0 Å². The first kappa shape index (κ1) is 11.2. The summed E-state index contributed by atoms with van der Waals surface area (Å²) >= 11 is 1.35. The zero-order valence-corrected chi connectivity index (χ0v) is 8.76. The van der Waals surface area contributed by atoms with Crippen LogP contribution < -0.4 is 5.73 Å². The molecule has 0 fully saturated rings. The zero-order chi connectivity index (χ0) is 10.9. The smallest absolute Gasteiger partial charge is 0.281 e. The van der Waals surface area contributed by atoms with Gasteiger partial charge in [-0.05, 0) is 22.6 Å². The molecular formula is C7H4F3IN2O. The first-order chi connectivity index (χ1) is 6.45. The Morgan fingerprint density at radius 1 is 1.57 bits per heavy atom. The summed E-state index contributed by atoms with van der Waals surface area (Å²) < 4.78 is 37.2. The monoisotopic (exact) mass is 316 g/mol. The highest BCUT2D eigenvalue weighted by Gasteiger charge is 2.21. The molecule has 0 saturated heterocycles. The van der Waals surface area contributed by atoms with Gasteiger partial charge in [-0.25, -0.2) is 13.2 Å². The van der Waals surface area contributed by atoms with Crippen molar-refractivity contribution in [2.24, 2.45) is 5.73 Å². The predicted molar refractivity (Wildman–Crippen MR) is 50.4 cm³/mol. The van der Waals surface area contributed by atoms with E-state index in [2.05, 4.69) is 4.98 Å². The lowest BCUT2D eigenvalue weighted by molar-refractivity contribution is 0.0994. The number of alkyl halides is 2. The van der Waals surface area contributed by atoms with Crippen LogP contribution in [0.2, 0.25) is 0 Å². The van der Waals surface area contributed by atoms with Crippen LogP contribution >= 0.6 is 22.6 Å². The molecule has 1 aromatic heterocycles. The van der Waals surface area contributed by atoms with Gasteiger partial charge in [-0.3, -0.25) is 9.78 Å². The molecule has 0 aromatic carbocycles. The molecule has 7 heteroatoms. The number of rotatable bonds is 2. The number of hydrogen-bond acceptors (Lipinski definition) is 2. The second kappa shape index (κ2) is 4.11. The molecule has 0 atom stereocenters. The molecule has 0 aliphatic carbocycles. The van der Waals surface area contributed by atoms with Gasteiger partial charge in [-0.2, -0.15) is 0 Å². The van der Waals surface area contributed by atoms with E-state index in [-0.39, 0.29) is 3.57 Å². The highest BCUT2D eigenvalue weighted by Crippen LogP contribution is 2.25. The van der Waals surface area contributed by atoms with Gasteiger partial charge in [0.2, 0.25) is 0 Å². The van der Waals surface area contributed by atoms with Crippen molar-refractivity contribution in [2.45, 2.75) is 6.43 Å². The third-order valence-corrected chi connectivity index (χ3v) is 2.49. The largest absolute Gasteiger partial charge is 0.365 e. The van der Waals surface area contributed by atoms with Gasteiger partial charge in [0.15, 0.2) is 5.82 Å². The molecule has 0 unspecified atom stereocenters. The number of amides is 1. The number of carbonyl (C=O) groups excluding carboxylic acids is 1. The van der Waals surface area contributed by atoms with Crippen LogP contribution in [0.15, 0.2) is 6.20 Å². The van der Waals surface area contributed by atoms with Crippen molar-refractivity contribution < 1.29 is 18.0 Å². The molecular weight excluding hydrogens is 312 g/mol. The van der Waals surface area contributed by atoms with Gasteiger partial charge in [0.25, 0.3) is 12.3 Å². The number of nitrogens with zero attached hydrogens (tertiary/aromatic N) is 1. The van der Waals surface area contributed by atoms with Gasteiger partial charge in [-0.15, -0.1) is 0 Å². The fraction of sp³-hybridized carbons (Fsp3) is 0.143. The maximum atomic E-state index is 13.2. The molecule has 1 heterocycles. The van der Waals surface area contributed by atoms with Crippen molar-refractivity contribution in [3.63, 3.8) is 0 Å². The highest BCUT2D eigenvalue weighted by molar-refractivity contribution is 14.1. The van der Waals surface area contributed by atoms with E-state index in [1.807, 2.05) is 0 Å². The van der Waals surface area contributed by atoms with Gasteiger partial charge in [0, 0.05) is 6.20 Å². The van der Waals surface area contributed by atoms with E-state index in [9.17, 15) is 18.0 Å². The predicted octanol–water partition coefficient (Wildman–Crippen LogP) is 1.86. The van der Waals surface area contributed by atoms with Gasteiger partial charge in [0.05, 0.1) is 9.13 Å². The molecule has 0 aliphatic heterocycles. The second-order valence-electron chi connectivity index (χ2n) is 2.35. The van der Waals surface area contributed by atoms with Gasteiger partial charge in [0.1, 0.15) is 5.69 Å². The minimum absolute atomic E-state index is 0.381. The molecule has 14 heavy (non-hydrogen) atoms. The SMILES string of the molecule is NC(=O)c1cnc(C(F)F)c(I)c1F. The molecule has 0 bridgehead atoms. The van der Waals surface area contributed by atoms with Crippen LogP contribution in [-0.4, -0.2) is 10.9 Å². The van der Waals surface area contributed by atoms with Crippen LogP contribution in [0.3, 0.4) is 0 Å². The molecule has 1 amide bonds. The normalized spacial score (nSPS) is 10.6. The summed E-state index contributed by atoms with van der Waals surface area (Å²) in [5, 5.41) is 0. The minimum atomic E-state index is -2.88.